The standard InChI is InChI=1S/C12H7ClFN4O3/c1-2-9-10(16-21-15-9)11-17-20-12(19)18(11)6-3-4-8(14)7(13)5-6/h3-5H,1-2H2. The van der Waals surface area contributed by atoms with E-state index in [1.165, 1.54) is 12.1 Å². The maximum Gasteiger partial charge on any atom is 0.446 e. The van der Waals surface area contributed by atoms with Gasteiger partial charge < -0.3 is 0 Å². The zero-order valence-corrected chi connectivity index (χ0v) is 11.2. The zero-order chi connectivity index (χ0) is 15.0. The van der Waals surface area contributed by atoms with Crippen molar-refractivity contribution in [2.24, 2.45) is 0 Å². The van der Waals surface area contributed by atoms with Gasteiger partial charge in [-0.25, -0.2) is 18.4 Å². The van der Waals surface area contributed by atoms with E-state index in [0.717, 1.165) is 10.6 Å². The molecule has 3 aromatic rings. The molecule has 0 unspecified atom stereocenters. The number of hydrogen-bond donors (Lipinski definition) is 0. The highest BCUT2D eigenvalue weighted by Crippen LogP contribution is 2.23. The van der Waals surface area contributed by atoms with Gasteiger partial charge in [0.1, 0.15) is 11.5 Å². The summed E-state index contributed by atoms with van der Waals surface area (Å²) >= 11 is 5.72. The average Bonchev–Trinajstić information content (AvgIpc) is 3.07. The summed E-state index contributed by atoms with van der Waals surface area (Å²) in [4.78, 5) is 11.8. The second-order valence-corrected chi connectivity index (χ2v) is 4.42. The molecular formula is C12H7ClFN4O3. The fraction of sp³-hybridized carbons (Fsp3) is 0.0833. The van der Waals surface area contributed by atoms with Gasteiger partial charge in [-0.15, -0.1) is 0 Å². The van der Waals surface area contributed by atoms with E-state index >= 15 is 0 Å². The third-order valence-electron chi connectivity index (χ3n) is 2.77. The summed E-state index contributed by atoms with van der Waals surface area (Å²) in [6.07, 6.45) is 0.282. The molecule has 9 heteroatoms. The molecule has 0 N–H and O–H groups in total. The minimum Gasteiger partial charge on any atom is -0.295 e. The van der Waals surface area contributed by atoms with Gasteiger partial charge in [-0.2, -0.15) is 0 Å². The second-order valence-electron chi connectivity index (χ2n) is 4.02. The summed E-state index contributed by atoms with van der Waals surface area (Å²) < 4.78 is 23.6. The molecule has 0 aliphatic rings. The summed E-state index contributed by atoms with van der Waals surface area (Å²) in [5.41, 5.74) is 0.905. The highest BCUT2D eigenvalue weighted by molar-refractivity contribution is 6.30. The molecule has 107 valence electrons. The van der Waals surface area contributed by atoms with Crippen LogP contribution in [-0.2, 0) is 6.42 Å². The van der Waals surface area contributed by atoms with Crippen LogP contribution in [0.5, 0.6) is 0 Å². The lowest BCUT2D eigenvalue weighted by Crippen LogP contribution is -2.13. The van der Waals surface area contributed by atoms with Gasteiger partial charge in [-0.3, -0.25) is 4.52 Å². The van der Waals surface area contributed by atoms with Gasteiger partial charge >= 0.3 is 5.76 Å². The molecule has 3 rings (SSSR count). The molecule has 0 amide bonds. The van der Waals surface area contributed by atoms with Crippen LogP contribution in [0.2, 0.25) is 5.02 Å². The molecule has 0 atom stereocenters. The van der Waals surface area contributed by atoms with Crippen molar-refractivity contribution in [1.29, 1.82) is 0 Å². The first-order valence-corrected chi connectivity index (χ1v) is 6.15. The Hall–Kier alpha value is -2.48. The van der Waals surface area contributed by atoms with Crippen molar-refractivity contribution in [3.63, 3.8) is 0 Å². The molecule has 0 aliphatic carbocycles. The molecule has 0 bridgehead atoms. The van der Waals surface area contributed by atoms with E-state index in [9.17, 15) is 9.18 Å². The fourth-order valence-corrected chi connectivity index (χ4v) is 1.97. The monoisotopic (exact) mass is 309 g/mol. The van der Waals surface area contributed by atoms with Crippen molar-refractivity contribution in [3.05, 3.63) is 52.2 Å². The Balaban J connectivity index is 2.22. The van der Waals surface area contributed by atoms with Gasteiger partial charge in [0.05, 0.1) is 10.7 Å². The number of nitrogens with zero attached hydrogens (tertiary/aromatic N) is 4. The van der Waals surface area contributed by atoms with E-state index in [1.54, 1.807) is 0 Å². The summed E-state index contributed by atoms with van der Waals surface area (Å²) in [5.74, 6) is -1.30. The SMILES string of the molecule is [CH2]Cc1nonc1-c1noc(=O)n1-c1ccc(F)c(Cl)c1. The van der Waals surface area contributed by atoms with Gasteiger partial charge in [0.25, 0.3) is 0 Å². The van der Waals surface area contributed by atoms with E-state index in [1.807, 2.05) is 0 Å². The Bertz CT molecular complexity index is 854. The van der Waals surface area contributed by atoms with Gasteiger partial charge in [0.15, 0.2) is 5.69 Å². The number of aromatic nitrogens is 4. The van der Waals surface area contributed by atoms with Gasteiger partial charge in [-0.05, 0) is 36.7 Å². The Kier molecular flexibility index (Phi) is 3.30. The third-order valence-corrected chi connectivity index (χ3v) is 3.06. The second kappa shape index (κ2) is 5.13. The molecule has 0 spiro atoms. The minimum atomic E-state index is -0.773. The molecule has 21 heavy (non-hydrogen) atoms. The number of hydrogen-bond acceptors (Lipinski definition) is 6. The summed E-state index contributed by atoms with van der Waals surface area (Å²) in [6, 6.07) is 3.77. The molecule has 2 aromatic heterocycles. The van der Waals surface area contributed by atoms with E-state index in [-0.39, 0.29) is 28.6 Å². The lowest BCUT2D eigenvalue weighted by atomic mass is 10.2. The van der Waals surface area contributed by atoms with Crippen molar-refractivity contribution >= 4 is 11.6 Å². The van der Waals surface area contributed by atoms with E-state index in [0.29, 0.717) is 5.69 Å². The van der Waals surface area contributed by atoms with Crippen LogP contribution in [-0.4, -0.2) is 20.0 Å². The maximum absolute atomic E-state index is 13.2. The van der Waals surface area contributed by atoms with Crippen molar-refractivity contribution in [1.82, 2.24) is 20.0 Å². The van der Waals surface area contributed by atoms with Crippen LogP contribution in [0.15, 0.2) is 32.1 Å². The van der Waals surface area contributed by atoms with Crippen LogP contribution in [0.25, 0.3) is 17.2 Å². The van der Waals surface area contributed by atoms with Crippen molar-refractivity contribution < 1.29 is 13.5 Å². The third kappa shape index (κ3) is 2.23. The van der Waals surface area contributed by atoms with Crippen LogP contribution in [0.4, 0.5) is 4.39 Å². The number of benzene rings is 1. The summed E-state index contributed by atoms with van der Waals surface area (Å²) in [6.45, 7) is 3.67. The number of rotatable bonds is 3. The molecule has 2 heterocycles. The van der Waals surface area contributed by atoms with E-state index < -0.39 is 11.6 Å². The summed E-state index contributed by atoms with van der Waals surface area (Å²) in [7, 11) is 0. The molecular weight excluding hydrogens is 303 g/mol. The molecule has 0 saturated carbocycles. The van der Waals surface area contributed by atoms with Gasteiger partial charge in [0, 0.05) is 0 Å². The molecule has 0 saturated heterocycles. The first-order valence-electron chi connectivity index (χ1n) is 5.77. The van der Waals surface area contributed by atoms with Crippen LogP contribution < -0.4 is 5.76 Å². The van der Waals surface area contributed by atoms with Crippen molar-refractivity contribution in [2.75, 3.05) is 0 Å². The van der Waals surface area contributed by atoms with E-state index in [2.05, 4.69) is 31.5 Å². The lowest BCUT2D eigenvalue weighted by molar-refractivity contribution is 0.304. The van der Waals surface area contributed by atoms with Gasteiger partial charge in [-0.1, -0.05) is 21.9 Å². The Labute approximate surface area is 121 Å². The first-order chi connectivity index (χ1) is 10.1. The normalized spacial score (nSPS) is 11.0. The lowest BCUT2D eigenvalue weighted by Gasteiger charge is -2.04. The predicted molar refractivity (Wildman–Crippen MR) is 69.4 cm³/mol. The van der Waals surface area contributed by atoms with Crippen LogP contribution >= 0.6 is 11.6 Å². The topological polar surface area (TPSA) is 87.0 Å². The largest absolute Gasteiger partial charge is 0.446 e. The minimum absolute atomic E-state index is 0.0718. The number of halogens is 2. The molecule has 7 nitrogen and oxygen atoms in total. The smallest absolute Gasteiger partial charge is 0.295 e. The average molecular weight is 310 g/mol. The van der Waals surface area contributed by atoms with Crippen molar-refractivity contribution in [2.45, 2.75) is 6.42 Å². The Morgan fingerprint density at radius 3 is 2.86 bits per heavy atom. The highest BCUT2D eigenvalue weighted by Gasteiger charge is 2.22. The van der Waals surface area contributed by atoms with E-state index in [4.69, 9.17) is 11.6 Å². The summed E-state index contributed by atoms with van der Waals surface area (Å²) in [5, 5.41) is 10.8. The molecule has 1 aromatic carbocycles. The Morgan fingerprint density at radius 1 is 1.33 bits per heavy atom. The first kappa shape index (κ1) is 13.5. The zero-order valence-electron chi connectivity index (χ0n) is 10.4. The Morgan fingerprint density at radius 2 is 2.14 bits per heavy atom. The molecule has 0 aliphatic heterocycles. The molecule has 1 radical (unpaired) electrons. The van der Waals surface area contributed by atoms with Crippen molar-refractivity contribution in [3.8, 4) is 17.2 Å². The van der Waals surface area contributed by atoms with Crippen LogP contribution in [0, 0.1) is 12.7 Å². The van der Waals surface area contributed by atoms with Crippen LogP contribution in [0.1, 0.15) is 5.69 Å². The quantitative estimate of drug-likeness (QED) is 0.736. The maximum atomic E-state index is 13.2. The van der Waals surface area contributed by atoms with Crippen LogP contribution in [0.3, 0.4) is 0 Å². The fourth-order valence-electron chi connectivity index (χ4n) is 1.79. The van der Waals surface area contributed by atoms with Gasteiger partial charge in [0.2, 0.25) is 5.82 Å². The predicted octanol–water partition coefficient (Wildman–Crippen LogP) is 2.04. The molecule has 0 fully saturated rings. The highest BCUT2D eigenvalue weighted by atomic mass is 35.5.